The van der Waals surface area contributed by atoms with E-state index in [9.17, 15) is 0 Å². The summed E-state index contributed by atoms with van der Waals surface area (Å²) in [6, 6.07) is 0. The Kier molecular flexibility index (Phi) is 8.98. The fourth-order valence-electron chi connectivity index (χ4n) is 1.57. The molecule has 0 heterocycles. The molecule has 1 atom stereocenters. The molecule has 1 N–H and O–H groups in total. The van der Waals surface area contributed by atoms with Crippen LogP contribution in [0.1, 0.15) is 53.4 Å². The van der Waals surface area contributed by atoms with Crippen molar-refractivity contribution in [3.63, 3.8) is 0 Å². The number of halogens is 1. The fourth-order valence-corrected chi connectivity index (χ4v) is 1.79. The van der Waals surface area contributed by atoms with E-state index in [1.165, 1.54) is 0 Å². The van der Waals surface area contributed by atoms with Crippen molar-refractivity contribution in [3.8, 4) is 0 Å². The van der Waals surface area contributed by atoms with Crippen molar-refractivity contribution in [2.75, 3.05) is 20.2 Å². The van der Waals surface area contributed by atoms with Crippen molar-refractivity contribution in [2.45, 2.75) is 64.6 Å². The van der Waals surface area contributed by atoms with E-state index in [-0.39, 0.29) is 11.2 Å². The molecule has 0 amide bonds. The van der Waals surface area contributed by atoms with Gasteiger partial charge in [0.25, 0.3) is 0 Å². The van der Waals surface area contributed by atoms with E-state index in [2.05, 4.69) is 33.0 Å². The zero-order valence-corrected chi connectivity index (χ0v) is 14.1. The van der Waals surface area contributed by atoms with Gasteiger partial charge in [-0.1, -0.05) is 6.92 Å². The maximum absolute atomic E-state index is 6.05. The topological polar surface area (TPSA) is 30.5 Å². The van der Waals surface area contributed by atoms with E-state index >= 15 is 0 Å². The van der Waals surface area contributed by atoms with Crippen molar-refractivity contribution in [1.29, 1.82) is 0 Å². The lowest BCUT2D eigenvalue weighted by molar-refractivity contribution is -0.0554. The summed E-state index contributed by atoms with van der Waals surface area (Å²) in [6.45, 7) is 10.4. The van der Waals surface area contributed by atoms with Crippen LogP contribution in [0.5, 0.6) is 0 Å². The third kappa shape index (κ3) is 8.35. The van der Waals surface area contributed by atoms with Gasteiger partial charge in [0.1, 0.15) is 23.0 Å². The molecule has 1 unspecified atom stereocenters. The SMILES string of the molecule is CCC(C)(CCCNC)OCCC(C)(C)OI. The molecule has 0 bridgehead atoms. The van der Waals surface area contributed by atoms with Gasteiger partial charge in [-0.3, -0.25) is 0 Å². The first-order valence-corrected chi connectivity index (χ1v) is 7.35. The Morgan fingerprint density at radius 3 is 2.29 bits per heavy atom. The number of nitrogens with one attached hydrogen (secondary N) is 1. The monoisotopic (exact) mass is 357 g/mol. The first-order chi connectivity index (χ1) is 7.89. The van der Waals surface area contributed by atoms with Crippen LogP contribution in [0.3, 0.4) is 0 Å². The number of hydrogen-bond acceptors (Lipinski definition) is 3. The van der Waals surface area contributed by atoms with E-state index in [1.807, 2.05) is 30.1 Å². The lowest BCUT2D eigenvalue weighted by atomic mass is 9.96. The molecular formula is C13H28INO2. The van der Waals surface area contributed by atoms with Crippen molar-refractivity contribution in [1.82, 2.24) is 5.32 Å². The van der Waals surface area contributed by atoms with Crippen molar-refractivity contribution >= 4 is 23.0 Å². The molecule has 4 heteroatoms. The van der Waals surface area contributed by atoms with Gasteiger partial charge >= 0.3 is 0 Å². The second kappa shape index (κ2) is 8.67. The van der Waals surface area contributed by atoms with Crippen LogP contribution in [0.2, 0.25) is 0 Å². The predicted octanol–water partition coefficient (Wildman–Crippen LogP) is 3.71. The zero-order chi connectivity index (χ0) is 13.4. The summed E-state index contributed by atoms with van der Waals surface area (Å²) in [6.07, 6.45) is 4.25. The predicted molar refractivity (Wildman–Crippen MR) is 81.6 cm³/mol. The molecule has 0 aromatic rings. The summed E-state index contributed by atoms with van der Waals surface area (Å²) >= 11 is 1.96. The van der Waals surface area contributed by atoms with E-state index in [4.69, 9.17) is 7.80 Å². The van der Waals surface area contributed by atoms with E-state index < -0.39 is 0 Å². The summed E-state index contributed by atoms with van der Waals surface area (Å²) in [5.74, 6) is 0. The highest BCUT2D eigenvalue weighted by atomic mass is 127. The molecule has 0 saturated heterocycles. The van der Waals surface area contributed by atoms with Crippen molar-refractivity contribution in [3.05, 3.63) is 0 Å². The second-order valence-corrected chi connectivity index (χ2v) is 5.89. The van der Waals surface area contributed by atoms with Gasteiger partial charge in [0, 0.05) is 6.42 Å². The quantitative estimate of drug-likeness (QED) is 0.478. The molecular weight excluding hydrogens is 329 g/mol. The first-order valence-electron chi connectivity index (χ1n) is 6.47. The molecule has 0 rings (SSSR count). The molecule has 0 aromatic carbocycles. The van der Waals surface area contributed by atoms with Crippen LogP contribution in [0, 0.1) is 0 Å². The van der Waals surface area contributed by atoms with E-state index in [1.54, 1.807) is 0 Å². The van der Waals surface area contributed by atoms with Gasteiger partial charge in [-0.2, -0.15) is 0 Å². The van der Waals surface area contributed by atoms with E-state index in [0.717, 1.165) is 38.8 Å². The normalized spacial score (nSPS) is 15.9. The molecule has 3 nitrogen and oxygen atoms in total. The van der Waals surface area contributed by atoms with Crippen molar-refractivity contribution in [2.24, 2.45) is 0 Å². The molecule has 0 aliphatic carbocycles. The Bertz CT molecular complexity index is 200. The largest absolute Gasteiger partial charge is 0.375 e. The van der Waals surface area contributed by atoms with Crippen LogP contribution in [-0.4, -0.2) is 31.4 Å². The fraction of sp³-hybridized carbons (Fsp3) is 1.00. The lowest BCUT2D eigenvalue weighted by Gasteiger charge is -2.31. The molecule has 0 spiro atoms. The Balaban J connectivity index is 3.94. The molecule has 0 aliphatic rings. The Labute approximate surface area is 121 Å². The summed E-state index contributed by atoms with van der Waals surface area (Å²) in [5, 5.41) is 3.18. The molecule has 104 valence electrons. The molecule has 0 radical (unpaired) electrons. The first kappa shape index (κ1) is 17.6. The van der Waals surface area contributed by atoms with Gasteiger partial charge < -0.3 is 13.1 Å². The summed E-state index contributed by atoms with van der Waals surface area (Å²) in [4.78, 5) is 0. The minimum Gasteiger partial charge on any atom is -0.375 e. The number of rotatable bonds is 10. The Hall–Kier alpha value is 0.610. The van der Waals surface area contributed by atoms with Crippen LogP contribution in [-0.2, 0) is 7.80 Å². The average Bonchev–Trinajstić information content (AvgIpc) is 2.29. The number of hydrogen-bond donors (Lipinski definition) is 1. The lowest BCUT2D eigenvalue weighted by Crippen LogP contribution is -2.32. The third-order valence-electron chi connectivity index (χ3n) is 3.24. The standard InChI is InChI=1S/C13H28INO2/c1-6-13(4,8-7-10-15-5)16-11-9-12(2,3)17-14/h15H,6-11H2,1-5H3. The van der Waals surface area contributed by atoms with Gasteiger partial charge in [-0.05, 0) is 53.6 Å². The minimum absolute atomic E-state index is 0.0121. The average molecular weight is 357 g/mol. The highest BCUT2D eigenvalue weighted by Gasteiger charge is 2.24. The van der Waals surface area contributed by atoms with Crippen molar-refractivity contribution < 1.29 is 7.80 Å². The van der Waals surface area contributed by atoms with Gasteiger partial charge in [-0.15, -0.1) is 0 Å². The van der Waals surface area contributed by atoms with Crippen LogP contribution < -0.4 is 5.32 Å². The van der Waals surface area contributed by atoms with Crippen LogP contribution >= 0.6 is 23.0 Å². The zero-order valence-electron chi connectivity index (χ0n) is 11.9. The summed E-state index contributed by atoms with van der Waals surface area (Å²) < 4.78 is 11.4. The molecule has 0 aromatic heterocycles. The van der Waals surface area contributed by atoms with Gasteiger partial charge in [0.05, 0.1) is 17.8 Å². The van der Waals surface area contributed by atoms with Gasteiger partial charge in [0.15, 0.2) is 0 Å². The summed E-state index contributed by atoms with van der Waals surface area (Å²) in [7, 11) is 1.99. The maximum Gasteiger partial charge on any atom is 0.110 e. The molecule has 17 heavy (non-hydrogen) atoms. The molecule has 0 fully saturated rings. The molecule has 0 saturated carbocycles. The maximum atomic E-state index is 6.05. The van der Waals surface area contributed by atoms with Gasteiger partial charge in [-0.25, -0.2) is 0 Å². The van der Waals surface area contributed by atoms with Crippen LogP contribution in [0.4, 0.5) is 0 Å². The smallest absolute Gasteiger partial charge is 0.110 e. The number of ether oxygens (including phenoxy) is 1. The second-order valence-electron chi connectivity index (χ2n) is 5.45. The van der Waals surface area contributed by atoms with E-state index in [0.29, 0.717) is 0 Å². The molecule has 0 aliphatic heterocycles. The van der Waals surface area contributed by atoms with Crippen LogP contribution in [0.25, 0.3) is 0 Å². The highest BCUT2D eigenvalue weighted by Crippen LogP contribution is 2.24. The highest BCUT2D eigenvalue weighted by molar-refractivity contribution is 14.1. The van der Waals surface area contributed by atoms with Crippen LogP contribution in [0.15, 0.2) is 0 Å². The minimum atomic E-state index is -0.0970. The third-order valence-corrected chi connectivity index (χ3v) is 4.44. The summed E-state index contributed by atoms with van der Waals surface area (Å²) in [5.41, 5.74) is -0.0849. The Morgan fingerprint density at radius 1 is 1.18 bits per heavy atom. The van der Waals surface area contributed by atoms with Gasteiger partial charge in [0.2, 0.25) is 0 Å². The Morgan fingerprint density at radius 2 is 1.82 bits per heavy atom.